The Morgan fingerprint density at radius 2 is 2.44 bits per heavy atom. The molecule has 1 aromatic rings. The van der Waals surface area contributed by atoms with E-state index in [1.54, 1.807) is 5.38 Å². The second-order valence-corrected chi connectivity index (χ2v) is 4.93. The van der Waals surface area contributed by atoms with E-state index in [-0.39, 0.29) is 22.6 Å². The van der Waals surface area contributed by atoms with Crippen LogP contribution in [0.2, 0.25) is 0 Å². The normalized spacial score (nSPS) is 19.8. The lowest BCUT2D eigenvalue weighted by molar-refractivity contribution is -0.0498. The number of carbonyl (C=O) groups is 1. The smallest absolute Gasteiger partial charge is 0.387 e. The summed E-state index contributed by atoms with van der Waals surface area (Å²) in [7, 11) is 0. The molecule has 0 radical (unpaired) electrons. The lowest BCUT2D eigenvalue weighted by Gasteiger charge is -2.23. The van der Waals surface area contributed by atoms with Gasteiger partial charge >= 0.3 is 6.61 Å². The first-order chi connectivity index (χ1) is 8.66. The molecule has 2 rings (SSSR count). The molecule has 0 saturated carbocycles. The van der Waals surface area contributed by atoms with Crippen LogP contribution in [-0.2, 0) is 0 Å². The van der Waals surface area contributed by atoms with E-state index in [9.17, 15) is 13.6 Å². The Labute approximate surface area is 107 Å². The molecule has 7 heteroatoms. The van der Waals surface area contributed by atoms with Gasteiger partial charge in [-0.2, -0.15) is 8.78 Å². The zero-order chi connectivity index (χ0) is 13.0. The van der Waals surface area contributed by atoms with Gasteiger partial charge in [-0.3, -0.25) is 4.79 Å². The minimum atomic E-state index is -2.91. The summed E-state index contributed by atoms with van der Waals surface area (Å²) in [5.41, 5.74) is 0. The molecule has 1 saturated heterocycles. The molecule has 2 heterocycles. The van der Waals surface area contributed by atoms with Gasteiger partial charge in [0.15, 0.2) is 0 Å². The molecular weight excluding hydrogens is 262 g/mol. The lowest BCUT2D eigenvalue weighted by Crippen LogP contribution is -2.45. The van der Waals surface area contributed by atoms with Gasteiger partial charge in [0.05, 0.1) is 0 Å². The van der Waals surface area contributed by atoms with Gasteiger partial charge in [0.2, 0.25) is 0 Å². The summed E-state index contributed by atoms with van der Waals surface area (Å²) in [4.78, 5) is 12.1. The van der Waals surface area contributed by atoms with E-state index in [4.69, 9.17) is 0 Å². The van der Waals surface area contributed by atoms with Gasteiger partial charge in [-0.15, -0.1) is 11.3 Å². The molecule has 0 spiro atoms. The number of thiophene rings is 1. The Hall–Kier alpha value is -1.21. The molecule has 1 aromatic heterocycles. The van der Waals surface area contributed by atoms with Gasteiger partial charge < -0.3 is 15.4 Å². The van der Waals surface area contributed by atoms with Crippen LogP contribution < -0.4 is 15.4 Å². The van der Waals surface area contributed by atoms with Crippen LogP contribution in [0.15, 0.2) is 11.4 Å². The summed E-state index contributed by atoms with van der Waals surface area (Å²) in [6.45, 7) is -1.25. The summed E-state index contributed by atoms with van der Waals surface area (Å²) in [5, 5.41) is 7.55. The molecule has 0 aromatic carbocycles. The van der Waals surface area contributed by atoms with Gasteiger partial charge in [-0.25, -0.2) is 0 Å². The van der Waals surface area contributed by atoms with Gasteiger partial charge in [0.25, 0.3) is 5.91 Å². The van der Waals surface area contributed by atoms with E-state index in [1.165, 1.54) is 6.07 Å². The highest BCUT2D eigenvalue weighted by atomic mass is 32.1. The van der Waals surface area contributed by atoms with Crippen LogP contribution in [0, 0.1) is 0 Å². The number of nitrogens with one attached hydrogen (secondary N) is 2. The third-order valence-corrected chi connectivity index (χ3v) is 3.58. The number of amides is 1. The van der Waals surface area contributed by atoms with E-state index in [0.717, 1.165) is 30.7 Å². The van der Waals surface area contributed by atoms with Crippen LogP contribution in [0.3, 0.4) is 0 Å². The third kappa shape index (κ3) is 3.39. The van der Waals surface area contributed by atoms with Crippen molar-refractivity contribution >= 4 is 17.2 Å². The second-order valence-electron chi connectivity index (χ2n) is 4.01. The predicted octanol–water partition coefficient (Wildman–Crippen LogP) is 1.83. The molecule has 18 heavy (non-hydrogen) atoms. The van der Waals surface area contributed by atoms with Crippen molar-refractivity contribution in [3.63, 3.8) is 0 Å². The summed E-state index contributed by atoms with van der Waals surface area (Å²) in [6, 6.07) is 1.43. The first-order valence-electron chi connectivity index (χ1n) is 5.70. The molecule has 0 unspecified atom stereocenters. The highest BCUT2D eigenvalue weighted by molar-refractivity contribution is 7.12. The highest BCUT2D eigenvalue weighted by Crippen LogP contribution is 2.26. The molecular formula is C11H14F2N2O2S. The van der Waals surface area contributed by atoms with E-state index in [0.29, 0.717) is 6.54 Å². The number of hydrogen-bond donors (Lipinski definition) is 2. The third-order valence-electron chi connectivity index (χ3n) is 2.68. The average Bonchev–Trinajstić information content (AvgIpc) is 2.77. The number of rotatable bonds is 4. The largest absolute Gasteiger partial charge is 0.433 e. The van der Waals surface area contributed by atoms with Crippen molar-refractivity contribution < 1.29 is 18.3 Å². The maximum atomic E-state index is 12.1. The first-order valence-corrected chi connectivity index (χ1v) is 6.58. The van der Waals surface area contributed by atoms with Crippen molar-refractivity contribution in [2.45, 2.75) is 25.5 Å². The van der Waals surface area contributed by atoms with E-state index < -0.39 is 6.61 Å². The Balaban J connectivity index is 1.97. The van der Waals surface area contributed by atoms with Crippen LogP contribution in [0.5, 0.6) is 5.75 Å². The minimum Gasteiger partial charge on any atom is -0.433 e. The summed E-state index contributed by atoms with van der Waals surface area (Å²) in [5.74, 6) is -0.411. The molecule has 100 valence electrons. The molecule has 4 nitrogen and oxygen atoms in total. The number of alkyl halides is 2. The van der Waals surface area contributed by atoms with Crippen LogP contribution in [0.4, 0.5) is 8.78 Å². The Bertz CT molecular complexity index is 406. The minimum absolute atomic E-state index is 0.0488. The zero-order valence-electron chi connectivity index (χ0n) is 9.62. The molecule has 1 aliphatic rings. The maximum Gasteiger partial charge on any atom is 0.387 e. The van der Waals surface area contributed by atoms with Gasteiger partial charge in [-0.1, -0.05) is 0 Å². The molecule has 0 aliphatic carbocycles. The standard InChI is InChI=1S/C11H14F2N2O2S/c12-11(13)17-8-3-5-18-9(8)10(16)15-7-2-1-4-14-6-7/h3,5,7,11,14H,1-2,4,6H2,(H,15,16)/t7-/m0/s1. The average molecular weight is 276 g/mol. The van der Waals surface area contributed by atoms with E-state index in [1.807, 2.05) is 0 Å². The summed E-state index contributed by atoms with van der Waals surface area (Å²) >= 11 is 1.10. The Morgan fingerprint density at radius 1 is 1.61 bits per heavy atom. The molecule has 1 aliphatic heterocycles. The predicted molar refractivity (Wildman–Crippen MR) is 64.3 cm³/mol. The fourth-order valence-electron chi connectivity index (χ4n) is 1.88. The highest BCUT2D eigenvalue weighted by Gasteiger charge is 2.21. The van der Waals surface area contributed by atoms with Crippen LogP contribution in [0.25, 0.3) is 0 Å². The van der Waals surface area contributed by atoms with Crippen molar-refractivity contribution in [2.24, 2.45) is 0 Å². The second kappa shape index (κ2) is 6.10. The number of hydrogen-bond acceptors (Lipinski definition) is 4. The number of carbonyl (C=O) groups excluding carboxylic acids is 1. The molecule has 1 atom stereocenters. The Morgan fingerprint density at radius 3 is 3.11 bits per heavy atom. The lowest BCUT2D eigenvalue weighted by atomic mass is 10.1. The number of ether oxygens (including phenoxy) is 1. The van der Waals surface area contributed by atoms with Crippen molar-refractivity contribution in [3.8, 4) is 5.75 Å². The van der Waals surface area contributed by atoms with Gasteiger partial charge in [0, 0.05) is 12.6 Å². The monoisotopic (exact) mass is 276 g/mol. The molecule has 1 amide bonds. The van der Waals surface area contributed by atoms with Gasteiger partial charge in [0.1, 0.15) is 10.6 Å². The molecule has 2 N–H and O–H groups in total. The fraction of sp³-hybridized carbons (Fsp3) is 0.545. The van der Waals surface area contributed by atoms with Gasteiger partial charge in [-0.05, 0) is 30.8 Å². The topological polar surface area (TPSA) is 50.4 Å². The molecule has 1 fully saturated rings. The van der Waals surface area contributed by atoms with E-state index in [2.05, 4.69) is 15.4 Å². The van der Waals surface area contributed by atoms with Crippen molar-refractivity contribution in [2.75, 3.05) is 13.1 Å². The van der Waals surface area contributed by atoms with Crippen molar-refractivity contribution in [1.29, 1.82) is 0 Å². The first kappa shape index (κ1) is 13.2. The summed E-state index contributed by atoms with van der Waals surface area (Å²) < 4.78 is 28.6. The van der Waals surface area contributed by atoms with Crippen molar-refractivity contribution in [1.82, 2.24) is 10.6 Å². The fourth-order valence-corrected chi connectivity index (χ4v) is 2.60. The van der Waals surface area contributed by atoms with Crippen molar-refractivity contribution in [3.05, 3.63) is 16.3 Å². The van der Waals surface area contributed by atoms with Crippen LogP contribution in [0.1, 0.15) is 22.5 Å². The van der Waals surface area contributed by atoms with Crippen LogP contribution in [-0.4, -0.2) is 31.7 Å². The Kier molecular flexibility index (Phi) is 4.48. The SMILES string of the molecule is O=C(N[C@H]1CCCNC1)c1sccc1OC(F)F. The number of halogens is 2. The molecule has 0 bridgehead atoms. The van der Waals surface area contributed by atoms with E-state index >= 15 is 0 Å². The summed E-state index contributed by atoms with van der Waals surface area (Å²) in [6.07, 6.45) is 1.89. The zero-order valence-corrected chi connectivity index (χ0v) is 10.4. The van der Waals surface area contributed by atoms with Crippen LogP contribution >= 0.6 is 11.3 Å². The number of piperidine rings is 1. The quantitative estimate of drug-likeness (QED) is 0.882. The maximum absolute atomic E-state index is 12.1.